The standard InChI is InChI=1S/C19H17BrN6O/c1-3-27-16-7-5-4-6-12(16)11-21-24-19-22-18-17(23-25-19)14-10-13(20)8-9-15(14)26(18)2/h4-11H,3H2,1-2H3,(H,22,24,25)/b21-11+. The van der Waals surface area contributed by atoms with Gasteiger partial charge < -0.3 is 9.30 Å². The van der Waals surface area contributed by atoms with Gasteiger partial charge in [-0.2, -0.15) is 10.1 Å². The zero-order valence-corrected chi connectivity index (χ0v) is 16.4. The summed E-state index contributed by atoms with van der Waals surface area (Å²) in [4.78, 5) is 4.55. The van der Waals surface area contributed by atoms with Crippen molar-refractivity contribution >= 4 is 50.2 Å². The van der Waals surface area contributed by atoms with Crippen molar-refractivity contribution in [2.45, 2.75) is 6.92 Å². The average Bonchev–Trinajstić information content (AvgIpc) is 2.95. The third-order valence-corrected chi connectivity index (χ3v) is 4.64. The number of anilines is 1. The van der Waals surface area contributed by atoms with E-state index in [9.17, 15) is 0 Å². The molecular weight excluding hydrogens is 408 g/mol. The van der Waals surface area contributed by atoms with E-state index in [-0.39, 0.29) is 0 Å². The molecule has 27 heavy (non-hydrogen) atoms. The van der Waals surface area contributed by atoms with E-state index in [1.807, 2.05) is 61.0 Å². The minimum absolute atomic E-state index is 0.331. The summed E-state index contributed by atoms with van der Waals surface area (Å²) in [6, 6.07) is 13.7. The third-order valence-electron chi connectivity index (χ3n) is 4.15. The van der Waals surface area contributed by atoms with E-state index in [2.05, 4.69) is 41.6 Å². The maximum absolute atomic E-state index is 5.59. The molecule has 0 fully saturated rings. The molecule has 0 aliphatic heterocycles. The van der Waals surface area contributed by atoms with Gasteiger partial charge in [-0.3, -0.25) is 0 Å². The Bertz CT molecular complexity index is 1150. The van der Waals surface area contributed by atoms with Crippen LogP contribution in [0.5, 0.6) is 5.75 Å². The minimum Gasteiger partial charge on any atom is -0.493 e. The monoisotopic (exact) mass is 424 g/mol. The predicted octanol–water partition coefficient (Wildman–Crippen LogP) is 4.12. The van der Waals surface area contributed by atoms with Crippen molar-refractivity contribution in [3.05, 3.63) is 52.5 Å². The van der Waals surface area contributed by atoms with Gasteiger partial charge in [0.05, 0.1) is 18.3 Å². The van der Waals surface area contributed by atoms with E-state index in [0.717, 1.165) is 37.9 Å². The molecule has 4 rings (SSSR count). The van der Waals surface area contributed by atoms with Crippen molar-refractivity contribution in [3.63, 3.8) is 0 Å². The Balaban J connectivity index is 1.64. The highest BCUT2D eigenvalue weighted by atomic mass is 79.9. The van der Waals surface area contributed by atoms with Gasteiger partial charge >= 0.3 is 0 Å². The van der Waals surface area contributed by atoms with Gasteiger partial charge in [-0.1, -0.05) is 28.1 Å². The van der Waals surface area contributed by atoms with Crippen LogP contribution in [0.2, 0.25) is 0 Å². The smallest absolute Gasteiger partial charge is 0.265 e. The van der Waals surface area contributed by atoms with Crippen LogP contribution in [0, 0.1) is 0 Å². The summed E-state index contributed by atoms with van der Waals surface area (Å²) < 4.78 is 8.57. The number of ether oxygens (including phenoxy) is 1. The molecule has 0 aliphatic rings. The van der Waals surface area contributed by atoms with Gasteiger partial charge in [0.25, 0.3) is 5.95 Å². The summed E-state index contributed by atoms with van der Waals surface area (Å²) in [6.07, 6.45) is 1.68. The van der Waals surface area contributed by atoms with Gasteiger partial charge in [-0.25, -0.2) is 5.43 Å². The van der Waals surface area contributed by atoms with E-state index >= 15 is 0 Å². The number of rotatable bonds is 5. The number of hydrazone groups is 1. The number of hydrogen-bond donors (Lipinski definition) is 1. The largest absolute Gasteiger partial charge is 0.493 e. The van der Waals surface area contributed by atoms with Crippen LogP contribution in [0.3, 0.4) is 0 Å². The molecule has 8 heteroatoms. The van der Waals surface area contributed by atoms with Crippen molar-refractivity contribution in [1.29, 1.82) is 0 Å². The Kier molecular flexibility index (Phi) is 4.72. The molecule has 136 valence electrons. The van der Waals surface area contributed by atoms with E-state index < -0.39 is 0 Å². The molecule has 0 saturated carbocycles. The lowest BCUT2D eigenvalue weighted by Gasteiger charge is -2.05. The fourth-order valence-corrected chi connectivity index (χ4v) is 3.27. The zero-order valence-electron chi connectivity index (χ0n) is 14.8. The van der Waals surface area contributed by atoms with Crippen LogP contribution in [0.15, 0.2) is 52.0 Å². The first kappa shape index (κ1) is 17.4. The fourth-order valence-electron chi connectivity index (χ4n) is 2.91. The van der Waals surface area contributed by atoms with Crippen LogP contribution in [0.1, 0.15) is 12.5 Å². The summed E-state index contributed by atoms with van der Waals surface area (Å²) in [5.41, 5.74) is 6.25. The first-order valence-corrected chi connectivity index (χ1v) is 9.26. The highest BCUT2D eigenvalue weighted by molar-refractivity contribution is 9.10. The van der Waals surface area contributed by atoms with E-state index in [1.165, 1.54) is 0 Å². The summed E-state index contributed by atoms with van der Waals surface area (Å²) >= 11 is 3.50. The van der Waals surface area contributed by atoms with Crippen LogP contribution in [-0.4, -0.2) is 32.6 Å². The molecule has 0 radical (unpaired) electrons. The Hall–Kier alpha value is -3.00. The second-order valence-electron chi connectivity index (χ2n) is 5.87. The van der Waals surface area contributed by atoms with Crippen LogP contribution in [-0.2, 0) is 7.05 Å². The third kappa shape index (κ3) is 3.35. The van der Waals surface area contributed by atoms with Gasteiger partial charge in [-0.15, -0.1) is 10.2 Å². The summed E-state index contributed by atoms with van der Waals surface area (Å²) in [5, 5.41) is 13.7. The molecule has 2 aromatic heterocycles. The van der Waals surface area contributed by atoms with Crippen LogP contribution >= 0.6 is 15.9 Å². The number of halogens is 1. The highest BCUT2D eigenvalue weighted by Gasteiger charge is 2.12. The van der Waals surface area contributed by atoms with Gasteiger partial charge in [-0.05, 0) is 37.3 Å². The Morgan fingerprint density at radius 3 is 2.93 bits per heavy atom. The summed E-state index contributed by atoms with van der Waals surface area (Å²) in [6.45, 7) is 2.54. The highest BCUT2D eigenvalue weighted by Crippen LogP contribution is 2.28. The second-order valence-corrected chi connectivity index (χ2v) is 6.78. The molecule has 0 unspecified atom stereocenters. The quantitative estimate of drug-likeness (QED) is 0.385. The minimum atomic E-state index is 0.331. The van der Waals surface area contributed by atoms with Crippen molar-refractivity contribution in [3.8, 4) is 5.75 Å². The molecule has 2 aromatic carbocycles. The van der Waals surface area contributed by atoms with Crippen molar-refractivity contribution in [2.75, 3.05) is 12.0 Å². The first-order valence-electron chi connectivity index (χ1n) is 8.46. The molecule has 0 aliphatic carbocycles. The fraction of sp³-hybridized carbons (Fsp3) is 0.158. The van der Waals surface area contributed by atoms with Gasteiger partial charge in [0, 0.05) is 22.5 Å². The van der Waals surface area contributed by atoms with Gasteiger partial charge in [0.2, 0.25) is 0 Å². The Morgan fingerprint density at radius 1 is 1.22 bits per heavy atom. The second kappa shape index (κ2) is 7.32. The number of fused-ring (bicyclic) bond motifs is 3. The lowest BCUT2D eigenvalue weighted by Crippen LogP contribution is -2.01. The molecule has 7 nitrogen and oxygen atoms in total. The maximum Gasteiger partial charge on any atom is 0.265 e. The van der Waals surface area contributed by atoms with E-state index in [0.29, 0.717) is 12.6 Å². The number of aryl methyl sites for hydroxylation is 1. The van der Waals surface area contributed by atoms with Crippen LogP contribution < -0.4 is 10.2 Å². The molecule has 0 spiro atoms. The summed E-state index contributed by atoms with van der Waals surface area (Å²) in [5.74, 6) is 1.11. The predicted molar refractivity (Wildman–Crippen MR) is 110 cm³/mol. The Morgan fingerprint density at radius 2 is 2.07 bits per heavy atom. The number of para-hydroxylation sites is 1. The number of aromatic nitrogens is 4. The van der Waals surface area contributed by atoms with Gasteiger partial charge in [0.1, 0.15) is 11.3 Å². The van der Waals surface area contributed by atoms with E-state index in [1.54, 1.807) is 6.21 Å². The molecule has 0 atom stereocenters. The molecule has 0 saturated heterocycles. The number of benzene rings is 2. The SMILES string of the molecule is CCOc1ccccc1/C=N/Nc1nnc2c3cc(Br)ccc3n(C)c2n1. The molecular formula is C19H17BrN6O. The van der Waals surface area contributed by atoms with Crippen LogP contribution in [0.25, 0.3) is 22.1 Å². The topological polar surface area (TPSA) is 77.2 Å². The number of nitrogens with zero attached hydrogens (tertiary/aromatic N) is 5. The summed E-state index contributed by atoms with van der Waals surface area (Å²) in [7, 11) is 1.96. The van der Waals surface area contributed by atoms with E-state index in [4.69, 9.17) is 4.74 Å². The molecule has 2 heterocycles. The van der Waals surface area contributed by atoms with Crippen LogP contribution in [0.4, 0.5) is 5.95 Å². The first-order chi connectivity index (χ1) is 13.2. The lowest BCUT2D eigenvalue weighted by atomic mass is 10.2. The number of nitrogens with one attached hydrogen (secondary N) is 1. The number of hydrogen-bond acceptors (Lipinski definition) is 6. The zero-order chi connectivity index (χ0) is 18.8. The van der Waals surface area contributed by atoms with Crippen molar-refractivity contribution < 1.29 is 4.74 Å². The average molecular weight is 425 g/mol. The molecule has 0 bridgehead atoms. The Labute approximate surface area is 164 Å². The molecule has 4 aromatic rings. The van der Waals surface area contributed by atoms with Crippen molar-refractivity contribution in [1.82, 2.24) is 19.7 Å². The maximum atomic E-state index is 5.59. The van der Waals surface area contributed by atoms with Crippen molar-refractivity contribution in [2.24, 2.45) is 12.1 Å². The van der Waals surface area contributed by atoms with Gasteiger partial charge in [0.15, 0.2) is 5.65 Å². The molecule has 0 amide bonds. The lowest BCUT2D eigenvalue weighted by molar-refractivity contribution is 0.340. The normalized spacial score (nSPS) is 11.5. The molecule has 1 N–H and O–H groups in total.